The van der Waals surface area contributed by atoms with Gasteiger partial charge in [-0.15, -0.1) is 0 Å². The number of anilines is 1. The van der Waals surface area contributed by atoms with E-state index >= 15 is 0 Å². The van der Waals surface area contributed by atoms with E-state index in [9.17, 15) is 9.59 Å². The fourth-order valence-corrected chi connectivity index (χ4v) is 1.78. The van der Waals surface area contributed by atoms with Crippen molar-refractivity contribution in [2.75, 3.05) is 11.4 Å². The van der Waals surface area contributed by atoms with Gasteiger partial charge in [0.15, 0.2) is 0 Å². The molecule has 0 saturated heterocycles. The summed E-state index contributed by atoms with van der Waals surface area (Å²) in [6, 6.07) is 7.15. The third-order valence-electron chi connectivity index (χ3n) is 2.78. The Morgan fingerprint density at radius 3 is 2.35 bits per heavy atom. The molecule has 5 heteroatoms. The smallest absolute Gasteiger partial charge is 0.308 e. The number of carboxylic acids is 1. The molecule has 0 radical (unpaired) electrons. The lowest BCUT2D eigenvalue weighted by Gasteiger charge is -2.26. The average molecular weight is 279 g/mol. The first-order valence-corrected chi connectivity index (χ1v) is 6.59. The zero-order chi connectivity index (χ0) is 15.3. The number of carboxylic acid groups (broad SMARTS) is 1. The fraction of sp³-hybridized carbons (Fsp3) is 0.467. The Kier molecular flexibility index (Phi) is 5.55. The number of carbonyl (C=O) groups is 2. The van der Waals surface area contributed by atoms with E-state index in [0.717, 1.165) is 0 Å². The maximum absolute atomic E-state index is 11.8. The molecule has 0 aliphatic carbocycles. The molecule has 1 rings (SSSR count). The highest BCUT2D eigenvalue weighted by Gasteiger charge is 2.22. The quantitative estimate of drug-likeness (QED) is 0.869. The van der Waals surface area contributed by atoms with Crippen LogP contribution in [0, 0.1) is 5.92 Å². The molecule has 1 aromatic carbocycles. The molecule has 1 aromatic rings. The lowest BCUT2D eigenvalue weighted by Crippen LogP contribution is -2.35. The average Bonchev–Trinajstić information content (AvgIpc) is 2.35. The molecule has 1 atom stereocenters. The van der Waals surface area contributed by atoms with Gasteiger partial charge in [0, 0.05) is 13.5 Å². The largest absolute Gasteiger partial charge is 0.489 e. The summed E-state index contributed by atoms with van der Waals surface area (Å²) in [5.41, 5.74) is 0.599. The fourth-order valence-electron chi connectivity index (χ4n) is 1.78. The molecule has 1 unspecified atom stereocenters. The molecule has 0 saturated carbocycles. The summed E-state index contributed by atoms with van der Waals surface area (Å²) < 4.78 is 5.68. The third-order valence-corrected chi connectivity index (χ3v) is 2.78. The van der Waals surface area contributed by atoms with Crippen LogP contribution >= 0.6 is 0 Å². The van der Waals surface area contributed by atoms with Gasteiger partial charge in [-0.2, -0.15) is 0 Å². The van der Waals surface area contributed by atoms with Crippen molar-refractivity contribution in [3.8, 4) is 5.75 Å². The molecule has 1 N–H and O–H groups in total. The SMILES string of the molecule is CC(=O)N(CC(C)C(=O)O)c1ccccc1OC(C)C. The second-order valence-electron chi connectivity index (χ2n) is 5.00. The number of hydrogen-bond acceptors (Lipinski definition) is 3. The van der Waals surface area contributed by atoms with Crippen LogP contribution in [0.4, 0.5) is 5.69 Å². The topological polar surface area (TPSA) is 66.8 Å². The van der Waals surface area contributed by atoms with E-state index in [2.05, 4.69) is 0 Å². The molecule has 0 spiro atoms. The van der Waals surface area contributed by atoms with Gasteiger partial charge in [0.2, 0.25) is 5.91 Å². The Morgan fingerprint density at radius 1 is 1.25 bits per heavy atom. The molecule has 0 aromatic heterocycles. The van der Waals surface area contributed by atoms with Crippen LogP contribution in [0.1, 0.15) is 27.7 Å². The van der Waals surface area contributed by atoms with Crippen LogP contribution in [0.3, 0.4) is 0 Å². The summed E-state index contributed by atoms with van der Waals surface area (Å²) in [5.74, 6) is -1.21. The van der Waals surface area contributed by atoms with Gasteiger partial charge in [-0.3, -0.25) is 9.59 Å². The summed E-state index contributed by atoms with van der Waals surface area (Å²) in [7, 11) is 0. The molecule has 0 fully saturated rings. The number of hydrogen-bond donors (Lipinski definition) is 1. The van der Waals surface area contributed by atoms with Crippen molar-refractivity contribution in [2.24, 2.45) is 5.92 Å². The number of benzene rings is 1. The van der Waals surface area contributed by atoms with E-state index in [1.807, 2.05) is 19.9 Å². The van der Waals surface area contributed by atoms with Gasteiger partial charge < -0.3 is 14.7 Å². The van der Waals surface area contributed by atoms with E-state index in [1.165, 1.54) is 11.8 Å². The van der Waals surface area contributed by atoms with Crippen molar-refractivity contribution in [2.45, 2.75) is 33.8 Å². The number of para-hydroxylation sites is 2. The summed E-state index contributed by atoms with van der Waals surface area (Å²) in [6.07, 6.45) is -0.0261. The number of ether oxygens (including phenoxy) is 1. The van der Waals surface area contributed by atoms with Gasteiger partial charge in [0.05, 0.1) is 17.7 Å². The Morgan fingerprint density at radius 2 is 1.85 bits per heavy atom. The van der Waals surface area contributed by atoms with Crippen LogP contribution < -0.4 is 9.64 Å². The van der Waals surface area contributed by atoms with Crippen molar-refractivity contribution in [3.63, 3.8) is 0 Å². The van der Waals surface area contributed by atoms with Gasteiger partial charge in [-0.05, 0) is 26.0 Å². The molecular formula is C15H21NO4. The molecule has 5 nitrogen and oxygen atoms in total. The Balaban J connectivity index is 3.09. The minimum Gasteiger partial charge on any atom is -0.489 e. The lowest BCUT2D eigenvalue weighted by molar-refractivity contribution is -0.140. The van der Waals surface area contributed by atoms with E-state index in [0.29, 0.717) is 11.4 Å². The summed E-state index contributed by atoms with van der Waals surface area (Å²) in [4.78, 5) is 24.2. The highest BCUT2D eigenvalue weighted by atomic mass is 16.5. The molecule has 20 heavy (non-hydrogen) atoms. The third kappa shape index (κ3) is 4.26. The summed E-state index contributed by atoms with van der Waals surface area (Å²) in [5, 5.41) is 9.01. The highest BCUT2D eigenvalue weighted by molar-refractivity contribution is 5.93. The van der Waals surface area contributed by atoms with Gasteiger partial charge in [0.25, 0.3) is 0 Å². The first-order chi connectivity index (χ1) is 9.32. The van der Waals surface area contributed by atoms with E-state index in [-0.39, 0.29) is 18.6 Å². The molecule has 0 heterocycles. The second kappa shape index (κ2) is 6.93. The van der Waals surface area contributed by atoms with E-state index < -0.39 is 11.9 Å². The minimum absolute atomic E-state index is 0.0261. The number of nitrogens with zero attached hydrogens (tertiary/aromatic N) is 1. The van der Waals surface area contributed by atoms with Crippen molar-refractivity contribution >= 4 is 17.6 Å². The van der Waals surface area contributed by atoms with Crippen LogP contribution in [0.15, 0.2) is 24.3 Å². The van der Waals surface area contributed by atoms with Crippen LogP contribution in [0.25, 0.3) is 0 Å². The minimum atomic E-state index is -0.932. The first kappa shape index (κ1) is 16.0. The molecular weight excluding hydrogens is 258 g/mol. The molecule has 1 amide bonds. The second-order valence-corrected chi connectivity index (χ2v) is 5.00. The number of aliphatic carboxylic acids is 1. The van der Waals surface area contributed by atoms with Gasteiger partial charge in [0.1, 0.15) is 5.75 Å². The van der Waals surface area contributed by atoms with Crippen molar-refractivity contribution in [1.82, 2.24) is 0 Å². The Labute approximate surface area is 119 Å². The van der Waals surface area contributed by atoms with Crippen molar-refractivity contribution in [1.29, 1.82) is 0 Å². The van der Waals surface area contributed by atoms with Gasteiger partial charge in [-0.1, -0.05) is 19.1 Å². The monoisotopic (exact) mass is 279 g/mol. The number of carbonyl (C=O) groups excluding carboxylic acids is 1. The normalized spacial score (nSPS) is 12.1. The first-order valence-electron chi connectivity index (χ1n) is 6.59. The molecule has 0 aliphatic heterocycles. The lowest BCUT2D eigenvalue weighted by atomic mass is 10.1. The Hall–Kier alpha value is -2.04. The van der Waals surface area contributed by atoms with Crippen molar-refractivity contribution in [3.05, 3.63) is 24.3 Å². The molecule has 110 valence electrons. The summed E-state index contributed by atoms with van der Waals surface area (Å²) in [6.45, 7) is 6.90. The number of amides is 1. The molecule has 0 bridgehead atoms. The zero-order valence-corrected chi connectivity index (χ0v) is 12.3. The highest BCUT2D eigenvalue weighted by Crippen LogP contribution is 2.29. The van der Waals surface area contributed by atoms with Crippen LogP contribution in [0.5, 0.6) is 5.75 Å². The van der Waals surface area contributed by atoms with Crippen molar-refractivity contribution < 1.29 is 19.4 Å². The number of rotatable bonds is 6. The summed E-state index contributed by atoms with van der Waals surface area (Å²) >= 11 is 0. The zero-order valence-electron chi connectivity index (χ0n) is 12.3. The maximum Gasteiger partial charge on any atom is 0.308 e. The van der Waals surface area contributed by atoms with E-state index in [4.69, 9.17) is 9.84 Å². The molecule has 0 aliphatic rings. The predicted octanol–water partition coefficient (Wildman–Crippen LogP) is 2.55. The standard InChI is InChI=1S/C15H21NO4/c1-10(2)20-14-8-6-5-7-13(14)16(12(4)17)9-11(3)15(18)19/h5-8,10-11H,9H2,1-4H3,(H,18,19). The Bertz CT molecular complexity index is 485. The van der Waals surface area contributed by atoms with Crippen LogP contribution in [-0.2, 0) is 9.59 Å². The van der Waals surface area contributed by atoms with Crippen LogP contribution in [0.2, 0.25) is 0 Å². The van der Waals surface area contributed by atoms with Crippen LogP contribution in [-0.4, -0.2) is 29.6 Å². The maximum atomic E-state index is 11.8. The van der Waals surface area contributed by atoms with E-state index in [1.54, 1.807) is 25.1 Å². The van der Waals surface area contributed by atoms with Gasteiger partial charge in [-0.25, -0.2) is 0 Å². The van der Waals surface area contributed by atoms with Gasteiger partial charge >= 0.3 is 5.97 Å². The predicted molar refractivity (Wildman–Crippen MR) is 77.0 cm³/mol.